The molecule has 0 bridgehead atoms. The smallest absolute Gasteiger partial charge is 0.408 e. The number of nitrogens with zero attached hydrogens (tertiary/aromatic N) is 1. The van der Waals surface area contributed by atoms with Gasteiger partial charge >= 0.3 is 6.09 Å². The fraction of sp³-hybridized carbons (Fsp3) is 0.667. The van der Waals surface area contributed by atoms with Crippen LogP contribution in [0.15, 0.2) is 18.2 Å². The van der Waals surface area contributed by atoms with Crippen LogP contribution < -0.4 is 10.6 Å². The lowest BCUT2D eigenvalue weighted by Crippen LogP contribution is -2.59. The van der Waals surface area contributed by atoms with Gasteiger partial charge in [-0.3, -0.25) is 9.59 Å². The highest BCUT2D eigenvalue weighted by Gasteiger charge is 2.43. The van der Waals surface area contributed by atoms with E-state index in [2.05, 4.69) is 10.6 Å². The zero-order valence-corrected chi connectivity index (χ0v) is 24.6. The summed E-state index contributed by atoms with van der Waals surface area (Å²) in [6.07, 6.45) is 1.56. The van der Waals surface area contributed by atoms with E-state index in [0.717, 1.165) is 0 Å². The van der Waals surface area contributed by atoms with Gasteiger partial charge in [-0.05, 0) is 93.2 Å². The van der Waals surface area contributed by atoms with E-state index in [1.807, 2.05) is 47.8 Å². The number of amides is 3. The molecule has 0 aliphatic heterocycles. The van der Waals surface area contributed by atoms with E-state index < -0.39 is 46.7 Å². The molecule has 1 rings (SSSR count). The van der Waals surface area contributed by atoms with Gasteiger partial charge in [-0.15, -0.1) is 0 Å². The first-order valence-electron chi connectivity index (χ1n) is 12.2. The molecule has 3 N–H and O–H groups in total. The summed E-state index contributed by atoms with van der Waals surface area (Å²) in [7, 11) is 0. The third-order valence-corrected chi connectivity index (χ3v) is 5.77. The number of aromatic hydroxyl groups is 1. The lowest BCUT2D eigenvalue weighted by atomic mass is 9.93. The monoisotopic (exact) mass is 523 g/mol. The third kappa shape index (κ3) is 9.56. The summed E-state index contributed by atoms with van der Waals surface area (Å²) in [5.41, 5.74) is -1.23. The molecule has 0 fully saturated rings. The van der Waals surface area contributed by atoms with Crippen LogP contribution in [-0.4, -0.2) is 62.6 Å². The number of nitrogens with one attached hydrogen (secondary N) is 2. The number of aryl methyl sites for hydroxylation is 1. The van der Waals surface area contributed by atoms with E-state index in [4.69, 9.17) is 4.74 Å². The molecule has 0 aliphatic carbocycles. The van der Waals surface area contributed by atoms with E-state index in [1.165, 1.54) is 4.90 Å². The van der Waals surface area contributed by atoms with Crippen LogP contribution in [0, 0.1) is 6.92 Å². The number of ether oxygens (including phenoxy) is 1. The van der Waals surface area contributed by atoms with Gasteiger partial charge in [0.25, 0.3) is 0 Å². The highest BCUT2D eigenvalue weighted by atomic mass is 32.2. The Hall–Kier alpha value is -2.42. The number of phenols is 1. The van der Waals surface area contributed by atoms with Crippen molar-refractivity contribution >= 4 is 29.7 Å². The Morgan fingerprint density at radius 2 is 1.64 bits per heavy atom. The second kappa shape index (κ2) is 12.2. The minimum absolute atomic E-state index is 0.0469. The fourth-order valence-electron chi connectivity index (χ4n) is 3.69. The molecule has 0 saturated carbocycles. The zero-order chi connectivity index (χ0) is 28.1. The molecule has 8 nitrogen and oxygen atoms in total. The number of hydrogen-bond acceptors (Lipinski definition) is 6. The summed E-state index contributed by atoms with van der Waals surface area (Å²) < 4.78 is 5.41. The Bertz CT molecular complexity index is 929. The van der Waals surface area contributed by atoms with Gasteiger partial charge < -0.3 is 25.4 Å². The standard InChI is InChI=1S/C27H45N3O5S/c1-17-13-12-14-18(21(17)31)20(22(32)29-25(2,3)4)30(26(5,6)7)23(33)19(15-16-36-11)28-24(34)35-27(8,9)10/h12-14,19-20,31H,15-16H2,1-11H3,(H,28,34)(H,29,32). The van der Waals surface area contributed by atoms with Crippen LogP contribution in [-0.2, 0) is 14.3 Å². The van der Waals surface area contributed by atoms with Crippen molar-refractivity contribution in [3.63, 3.8) is 0 Å². The van der Waals surface area contributed by atoms with Gasteiger partial charge in [0, 0.05) is 16.6 Å². The lowest BCUT2D eigenvalue weighted by molar-refractivity contribution is -0.149. The number of carbonyl (C=O) groups excluding carboxylic acids is 3. The molecule has 0 heterocycles. The second-order valence-electron chi connectivity index (χ2n) is 12.0. The summed E-state index contributed by atoms with van der Waals surface area (Å²) in [5.74, 6) is -0.294. The van der Waals surface area contributed by atoms with Crippen LogP contribution in [0.1, 0.15) is 85.9 Å². The average Bonchev–Trinajstić information content (AvgIpc) is 2.67. The molecular weight excluding hydrogens is 478 g/mol. The Kier molecular flexibility index (Phi) is 10.7. The molecule has 1 aromatic carbocycles. The largest absolute Gasteiger partial charge is 0.507 e. The molecule has 36 heavy (non-hydrogen) atoms. The van der Waals surface area contributed by atoms with Crippen LogP contribution in [0.2, 0.25) is 0 Å². The first kappa shape index (κ1) is 31.6. The number of hydrogen-bond donors (Lipinski definition) is 3. The number of carbonyl (C=O) groups is 3. The first-order chi connectivity index (χ1) is 16.3. The predicted octanol–water partition coefficient (Wildman–Crippen LogP) is 4.93. The van der Waals surface area contributed by atoms with Crippen LogP contribution in [0.3, 0.4) is 0 Å². The maximum absolute atomic E-state index is 14.2. The topological polar surface area (TPSA) is 108 Å². The van der Waals surface area contributed by atoms with Crippen molar-refractivity contribution < 1.29 is 24.2 Å². The highest BCUT2D eigenvalue weighted by molar-refractivity contribution is 7.98. The third-order valence-electron chi connectivity index (χ3n) is 5.13. The van der Waals surface area contributed by atoms with Crippen LogP contribution in [0.5, 0.6) is 5.75 Å². The number of alkyl carbamates (subject to hydrolysis) is 1. The predicted molar refractivity (Wildman–Crippen MR) is 146 cm³/mol. The second-order valence-corrected chi connectivity index (χ2v) is 13.0. The molecule has 0 saturated heterocycles. The first-order valence-corrected chi connectivity index (χ1v) is 13.6. The summed E-state index contributed by atoms with van der Waals surface area (Å²) >= 11 is 1.55. The van der Waals surface area contributed by atoms with E-state index in [-0.39, 0.29) is 5.75 Å². The van der Waals surface area contributed by atoms with Crippen molar-refractivity contribution in [2.24, 2.45) is 0 Å². The van der Waals surface area contributed by atoms with Crippen molar-refractivity contribution in [3.05, 3.63) is 29.3 Å². The minimum Gasteiger partial charge on any atom is -0.507 e. The lowest BCUT2D eigenvalue weighted by Gasteiger charge is -2.44. The van der Waals surface area contributed by atoms with Gasteiger partial charge in [0.15, 0.2) is 0 Å². The normalized spacial score (nSPS) is 14.0. The summed E-state index contributed by atoms with van der Waals surface area (Å²) in [6, 6.07) is 3.08. The average molecular weight is 524 g/mol. The SMILES string of the molecule is CSCCC(NC(=O)OC(C)(C)C)C(=O)N(C(C(=O)NC(C)(C)C)c1cccc(C)c1O)C(C)(C)C. The van der Waals surface area contributed by atoms with Crippen molar-refractivity contribution in [1.82, 2.24) is 15.5 Å². The van der Waals surface area contributed by atoms with Crippen molar-refractivity contribution in [3.8, 4) is 5.75 Å². The number of phenolic OH excluding ortho intramolecular Hbond substituents is 1. The van der Waals surface area contributed by atoms with Crippen molar-refractivity contribution in [2.75, 3.05) is 12.0 Å². The molecule has 0 radical (unpaired) electrons. The van der Waals surface area contributed by atoms with Crippen molar-refractivity contribution in [1.29, 1.82) is 0 Å². The quantitative estimate of drug-likeness (QED) is 0.446. The van der Waals surface area contributed by atoms with Crippen molar-refractivity contribution in [2.45, 2.75) is 104 Å². The van der Waals surface area contributed by atoms with Gasteiger partial charge in [0.2, 0.25) is 11.8 Å². The van der Waals surface area contributed by atoms with Gasteiger partial charge in [-0.2, -0.15) is 11.8 Å². The Labute approximate surface area is 220 Å². The van der Waals surface area contributed by atoms with Crippen LogP contribution >= 0.6 is 11.8 Å². The maximum Gasteiger partial charge on any atom is 0.408 e. The summed E-state index contributed by atoms with van der Waals surface area (Å²) in [6.45, 7) is 18.0. The number of benzene rings is 1. The maximum atomic E-state index is 14.2. The van der Waals surface area contributed by atoms with Crippen LogP contribution in [0.4, 0.5) is 4.79 Å². The molecule has 2 atom stereocenters. The van der Waals surface area contributed by atoms with Gasteiger partial charge in [0.05, 0.1) is 0 Å². The number of rotatable bonds is 8. The minimum atomic E-state index is -1.13. The van der Waals surface area contributed by atoms with E-state index >= 15 is 0 Å². The number of thioether (sulfide) groups is 1. The van der Waals surface area contributed by atoms with Crippen LogP contribution in [0.25, 0.3) is 0 Å². The molecule has 1 aromatic rings. The van der Waals surface area contributed by atoms with E-state index in [0.29, 0.717) is 23.3 Å². The Morgan fingerprint density at radius 3 is 2.11 bits per heavy atom. The van der Waals surface area contributed by atoms with E-state index in [1.54, 1.807) is 57.7 Å². The molecule has 0 aromatic heterocycles. The van der Waals surface area contributed by atoms with Gasteiger partial charge in [0.1, 0.15) is 23.4 Å². The van der Waals surface area contributed by atoms with Gasteiger partial charge in [-0.1, -0.05) is 18.2 Å². The van der Waals surface area contributed by atoms with Gasteiger partial charge in [-0.25, -0.2) is 4.79 Å². The van der Waals surface area contributed by atoms with E-state index in [9.17, 15) is 19.5 Å². The molecule has 0 spiro atoms. The Balaban J connectivity index is 3.66. The summed E-state index contributed by atoms with van der Waals surface area (Å²) in [5, 5.41) is 16.6. The number of para-hydroxylation sites is 1. The molecule has 2 unspecified atom stereocenters. The molecule has 0 aliphatic rings. The fourth-order valence-corrected chi connectivity index (χ4v) is 4.17. The highest BCUT2D eigenvalue weighted by Crippen LogP contribution is 2.36. The summed E-state index contributed by atoms with van der Waals surface area (Å²) in [4.78, 5) is 42.0. The zero-order valence-electron chi connectivity index (χ0n) is 23.7. The molecule has 3 amide bonds. The Morgan fingerprint density at radius 1 is 1.06 bits per heavy atom. The molecule has 9 heteroatoms. The molecular formula is C27H45N3O5S. The molecule has 204 valence electrons.